The molecule has 1 N–H and O–H groups in total. The number of aromatic nitrogens is 5. The van der Waals surface area contributed by atoms with Gasteiger partial charge < -0.3 is 14.5 Å². The Morgan fingerprint density at radius 1 is 1.22 bits per heavy atom. The number of pyridine rings is 1. The summed E-state index contributed by atoms with van der Waals surface area (Å²) < 4.78 is 13.3. The van der Waals surface area contributed by atoms with Gasteiger partial charge in [0.05, 0.1) is 19.3 Å². The van der Waals surface area contributed by atoms with Crippen molar-refractivity contribution in [1.29, 1.82) is 0 Å². The fraction of sp³-hybridized carbons (Fsp3) is 0.429. The molecule has 2 atom stereocenters. The van der Waals surface area contributed by atoms with Crippen molar-refractivity contribution in [3.63, 3.8) is 0 Å². The highest BCUT2D eigenvalue weighted by atomic mass is 16.5. The molecule has 1 saturated heterocycles. The Hall–Kier alpha value is -3.56. The summed E-state index contributed by atoms with van der Waals surface area (Å²) in [6.45, 7) is 4.78. The first-order valence-electron chi connectivity index (χ1n) is 13.0. The van der Waals surface area contributed by atoms with E-state index in [9.17, 15) is 4.79 Å². The molecule has 1 aliphatic rings. The summed E-state index contributed by atoms with van der Waals surface area (Å²) >= 11 is 0. The summed E-state index contributed by atoms with van der Waals surface area (Å²) in [7, 11) is 1.64. The van der Waals surface area contributed by atoms with Crippen molar-refractivity contribution in [2.75, 3.05) is 20.3 Å². The molecule has 1 aliphatic heterocycles. The topological polar surface area (TPSA) is 98.2 Å². The number of aromatic amines is 1. The number of tetrazole rings is 1. The monoisotopic (exact) mass is 502 g/mol. The SMILES string of the molecule is CC[C@@H](c1nnnn1CCc1ccccc1)N(Cc1cc2cc(OC)ccc2[nH]c1=O)C[C@H]1CCCO1. The smallest absolute Gasteiger partial charge is 0.252 e. The van der Waals surface area contributed by atoms with Gasteiger partial charge in [-0.05, 0) is 65.9 Å². The van der Waals surface area contributed by atoms with Crippen molar-refractivity contribution in [3.05, 3.63) is 81.9 Å². The summed E-state index contributed by atoms with van der Waals surface area (Å²) in [4.78, 5) is 18.4. The molecule has 3 heterocycles. The van der Waals surface area contributed by atoms with Crippen LogP contribution in [0.3, 0.4) is 0 Å². The quantitative estimate of drug-likeness (QED) is 0.332. The van der Waals surface area contributed by atoms with Gasteiger partial charge in [0, 0.05) is 42.7 Å². The Labute approximate surface area is 216 Å². The van der Waals surface area contributed by atoms with Crippen molar-refractivity contribution in [3.8, 4) is 5.75 Å². The van der Waals surface area contributed by atoms with E-state index < -0.39 is 0 Å². The van der Waals surface area contributed by atoms with Crippen molar-refractivity contribution < 1.29 is 9.47 Å². The standard InChI is InChI=1S/C28H34N6O3/c1-3-26(27-30-31-32-34(27)14-13-20-8-5-4-6-9-20)33(19-24-10-7-15-37-24)18-22-16-21-17-23(36-2)11-12-25(21)29-28(22)35/h4-6,8-9,11-12,16-17,24,26H,3,7,10,13-15,18-19H2,1-2H3,(H,29,35)/t24-,26+/m1/s1. The van der Waals surface area contributed by atoms with Crippen LogP contribution in [0.1, 0.15) is 49.2 Å². The molecule has 0 spiro atoms. The van der Waals surface area contributed by atoms with Crippen LogP contribution in [-0.2, 0) is 24.2 Å². The predicted octanol–water partition coefficient (Wildman–Crippen LogP) is 3.90. The highest BCUT2D eigenvalue weighted by molar-refractivity contribution is 5.80. The molecule has 4 aromatic rings. The number of nitrogens with one attached hydrogen (secondary N) is 1. The first-order chi connectivity index (χ1) is 18.1. The van der Waals surface area contributed by atoms with Crippen molar-refractivity contribution >= 4 is 10.9 Å². The number of methoxy groups -OCH3 is 1. The number of rotatable bonds is 11. The highest BCUT2D eigenvalue weighted by Crippen LogP contribution is 2.27. The maximum atomic E-state index is 13.1. The first kappa shape index (κ1) is 25.1. The largest absolute Gasteiger partial charge is 0.497 e. The van der Waals surface area contributed by atoms with E-state index in [4.69, 9.17) is 9.47 Å². The second kappa shape index (κ2) is 11.7. The molecule has 37 heavy (non-hydrogen) atoms. The zero-order chi connectivity index (χ0) is 25.6. The van der Waals surface area contributed by atoms with Gasteiger partial charge in [-0.15, -0.1) is 5.10 Å². The van der Waals surface area contributed by atoms with E-state index in [-0.39, 0.29) is 17.7 Å². The van der Waals surface area contributed by atoms with Crippen LogP contribution in [-0.4, -0.2) is 56.5 Å². The molecule has 1 fully saturated rings. The van der Waals surface area contributed by atoms with Crippen molar-refractivity contribution in [2.45, 2.75) is 57.8 Å². The highest BCUT2D eigenvalue weighted by Gasteiger charge is 2.29. The van der Waals surface area contributed by atoms with Gasteiger partial charge in [-0.1, -0.05) is 37.3 Å². The van der Waals surface area contributed by atoms with E-state index in [0.717, 1.165) is 54.8 Å². The van der Waals surface area contributed by atoms with Gasteiger partial charge in [0.1, 0.15) is 5.75 Å². The summed E-state index contributed by atoms with van der Waals surface area (Å²) in [5, 5.41) is 13.7. The van der Waals surface area contributed by atoms with Crippen molar-refractivity contribution in [1.82, 2.24) is 30.1 Å². The number of fused-ring (bicyclic) bond motifs is 1. The summed E-state index contributed by atoms with van der Waals surface area (Å²) in [5.41, 5.74) is 2.64. The average Bonchev–Trinajstić information content (AvgIpc) is 3.61. The predicted molar refractivity (Wildman–Crippen MR) is 141 cm³/mol. The number of ether oxygens (including phenoxy) is 2. The molecular formula is C28H34N6O3. The Morgan fingerprint density at radius 2 is 2.08 bits per heavy atom. The van der Waals surface area contributed by atoms with Crippen LogP contribution in [0, 0.1) is 0 Å². The van der Waals surface area contributed by atoms with Gasteiger partial charge in [-0.25, -0.2) is 4.68 Å². The fourth-order valence-corrected chi connectivity index (χ4v) is 5.14. The first-order valence-corrected chi connectivity index (χ1v) is 13.0. The Morgan fingerprint density at radius 3 is 2.84 bits per heavy atom. The van der Waals surface area contributed by atoms with Gasteiger partial charge >= 0.3 is 0 Å². The number of H-pyrrole nitrogens is 1. The third-order valence-electron chi connectivity index (χ3n) is 7.10. The molecule has 0 unspecified atom stereocenters. The Bertz CT molecular complexity index is 1360. The van der Waals surface area contributed by atoms with E-state index >= 15 is 0 Å². The number of hydrogen-bond acceptors (Lipinski definition) is 7. The normalized spacial score (nSPS) is 16.5. The second-order valence-electron chi connectivity index (χ2n) is 9.56. The van der Waals surface area contributed by atoms with Gasteiger partial charge in [0.25, 0.3) is 5.56 Å². The number of benzene rings is 2. The molecule has 0 amide bonds. The maximum Gasteiger partial charge on any atom is 0.252 e. The molecule has 0 saturated carbocycles. The maximum absolute atomic E-state index is 13.1. The van der Waals surface area contributed by atoms with Gasteiger partial charge in [0.15, 0.2) is 5.82 Å². The van der Waals surface area contributed by atoms with Gasteiger partial charge in [-0.2, -0.15) is 0 Å². The lowest BCUT2D eigenvalue weighted by atomic mass is 10.1. The van der Waals surface area contributed by atoms with Crippen LogP contribution in [0.2, 0.25) is 0 Å². The van der Waals surface area contributed by atoms with E-state index in [1.165, 1.54) is 5.56 Å². The van der Waals surface area contributed by atoms with Gasteiger partial charge in [-0.3, -0.25) is 9.69 Å². The summed E-state index contributed by atoms with van der Waals surface area (Å²) in [6.07, 6.45) is 3.84. The average molecular weight is 503 g/mol. The minimum Gasteiger partial charge on any atom is -0.497 e. The third kappa shape index (κ3) is 5.89. The zero-order valence-corrected chi connectivity index (χ0v) is 21.5. The van der Waals surface area contributed by atoms with Crippen LogP contribution in [0.5, 0.6) is 5.75 Å². The number of hydrogen-bond donors (Lipinski definition) is 1. The number of nitrogens with zero attached hydrogens (tertiary/aromatic N) is 5. The Balaban J connectivity index is 1.44. The lowest BCUT2D eigenvalue weighted by Gasteiger charge is -2.32. The van der Waals surface area contributed by atoms with Crippen LogP contribution in [0.4, 0.5) is 0 Å². The fourth-order valence-electron chi connectivity index (χ4n) is 5.14. The second-order valence-corrected chi connectivity index (χ2v) is 9.56. The third-order valence-corrected chi connectivity index (χ3v) is 7.10. The molecule has 9 nitrogen and oxygen atoms in total. The Kier molecular flexibility index (Phi) is 7.91. The lowest BCUT2D eigenvalue weighted by Crippen LogP contribution is -2.37. The molecular weight excluding hydrogens is 468 g/mol. The molecule has 5 rings (SSSR count). The minimum atomic E-state index is -0.0893. The van der Waals surface area contributed by atoms with Crippen LogP contribution >= 0.6 is 0 Å². The van der Waals surface area contributed by atoms with Crippen LogP contribution < -0.4 is 10.3 Å². The number of aryl methyl sites for hydroxylation is 2. The molecule has 0 aliphatic carbocycles. The molecule has 9 heteroatoms. The summed E-state index contributed by atoms with van der Waals surface area (Å²) in [6, 6.07) is 17.9. The van der Waals surface area contributed by atoms with Crippen LogP contribution in [0.25, 0.3) is 10.9 Å². The van der Waals surface area contributed by atoms with Crippen molar-refractivity contribution in [2.24, 2.45) is 0 Å². The van der Waals surface area contributed by atoms with Gasteiger partial charge in [0.2, 0.25) is 0 Å². The van der Waals surface area contributed by atoms with Crippen LogP contribution in [0.15, 0.2) is 59.4 Å². The molecule has 0 bridgehead atoms. The zero-order valence-electron chi connectivity index (χ0n) is 21.5. The lowest BCUT2D eigenvalue weighted by molar-refractivity contribution is 0.0488. The van der Waals surface area contributed by atoms with E-state index in [0.29, 0.717) is 25.2 Å². The van der Waals surface area contributed by atoms with E-state index in [2.05, 4.69) is 44.5 Å². The molecule has 0 radical (unpaired) electrons. The van der Waals surface area contributed by atoms with E-state index in [1.54, 1.807) is 7.11 Å². The summed E-state index contributed by atoms with van der Waals surface area (Å²) in [5.74, 6) is 1.57. The van der Waals surface area contributed by atoms with E-state index in [1.807, 2.05) is 47.1 Å². The molecule has 194 valence electrons. The minimum absolute atomic E-state index is 0.0598. The molecule has 2 aromatic carbocycles. The molecule has 2 aromatic heterocycles.